The van der Waals surface area contributed by atoms with Gasteiger partial charge in [0.2, 0.25) is 11.9 Å². The molecule has 25 heavy (non-hydrogen) atoms. The minimum Gasteiger partial charge on any atom is -0.368 e. The lowest BCUT2D eigenvalue weighted by Gasteiger charge is -2.08. The first-order valence-corrected chi connectivity index (χ1v) is 8.52. The third-order valence-electron chi connectivity index (χ3n) is 3.00. The Morgan fingerprint density at radius 3 is 2.48 bits per heavy atom. The lowest BCUT2D eigenvalue weighted by atomic mass is 10.2. The monoisotopic (exact) mass is 388 g/mol. The first-order chi connectivity index (χ1) is 12.0. The summed E-state index contributed by atoms with van der Waals surface area (Å²) in [7, 11) is 0. The Morgan fingerprint density at radius 2 is 1.80 bits per heavy atom. The molecular formula is C16H10Cl2N6S. The number of hydrogen-bond donors (Lipinski definition) is 2. The van der Waals surface area contributed by atoms with Gasteiger partial charge in [0.25, 0.3) is 0 Å². The Bertz CT molecular complexity index is 956. The second kappa shape index (κ2) is 7.57. The van der Waals surface area contributed by atoms with Gasteiger partial charge in [-0.3, -0.25) is 0 Å². The van der Waals surface area contributed by atoms with E-state index in [0.717, 1.165) is 10.6 Å². The lowest BCUT2D eigenvalue weighted by molar-refractivity contribution is 0.925. The van der Waals surface area contributed by atoms with Crippen molar-refractivity contribution in [3.05, 3.63) is 58.1 Å². The number of nitriles is 1. The van der Waals surface area contributed by atoms with Gasteiger partial charge in [-0.25, -0.2) is 0 Å². The highest BCUT2D eigenvalue weighted by Crippen LogP contribution is 2.33. The lowest BCUT2D eigenvalue weighted by Crippen LogP contribution is -2.04. The standard InChI is InChI=1S/C16H10Cl2N6S/c17-10-3-6-13(12(18)7-10)25-16-23-14(20)22-15(24-16)21-11-4-1-9(8-19)2-5-11/h1-7H,(H3,20,21,22,23,24). The van der Waals surface area contributed by atoms with Crippen molar-refractivity contribution in [1.82, 2.24) is 15.0 Å². The smallest absolute Gasteiger partial charge is 0.233 e. The maximum atomic E-state index is 8.83. The number of hydrogen-bond acceptors (Lipinski definition) is 7. The maximum absolute atomic E-state index is 8.83. The average molecular weight is 389 g/mol. The average Bonchev–Trinajstić information content (AvgIpc) is 2.58. The van der Waals surface area contributed by atoms with Crippen LogP contribution in [0.25, 0.3) is 0 Å². The van der Waals surface area contributed by atoms with Crippen molar-refractivity contribution in [2.45, 2.75) is 10.1 Å². The van der Waals surface area contributed by atoms with E-state index >= 15 is 0 Å². The predicted molar refractivity (Wildman–Crippen MR) is 99.3 cm³/mol. The van der Waals surface area contributed by atoms with Crippen LogP contribution in [0.5, 0.6) is 0 Å². The highest BCUT2D eigenvalue weighted by molar-refractivity contribution is 7.99. The molecule has 0 saturated carbocycles. The number of nitrogen functional groups attached to an aromatic ring is 1. The molecule has 0 atom stereocenters. The number of aromatic nitrogens is 3. The molecular weight excluding hydrogens is 379 g/mol. The van der Waals surface area contributed by atoms with Crippen molar-refractivity contribution in [3.8, 4) is 6.07 Å². The molecule has 0 spiro atoms. The molecule has 3 rings (SSSR count). The number of nitrogens with one attached hydrogen (secondary N) is 1. The summed E-state index contributed by atoms with van der Waals surface area (Å²) in [5, 5.41) is 13.3. The zero-order valence-electron chi connectivity index (χ0n) is 12.6. The predicted octanol–water partition coefficient (Wildman–Crippen LogP) is 4.53. The summed E-state index contributed by atoms with van der Waals surface area (Å²) in [5.41, 5.74) is 7.05. The number of nitrogens with two attached hydrogens (primary N) is 1. The van der Waals surface area contributed by atoms with Crippen LogP contribution < -0.4 is 11.1 Å². The van der Waals surface area contributed by atoms with Gasteiger partial charge in [0.05, 0.1) is 16.7 Å². The summed E-state index contributed by atoms with van der Waals surface area (Å²) in [6, 6.07) is 14.1. The molecule has 0 radical (unpaired) electrons. The Morgan fingerprint density at radius 1 is 1.04 bits per heavy atom. The third-order valence-corrected chi connectivity index (χ3v) is 4.60. The van der Waals surface area contributed by atoms with Crippen LogP contribution in [0.1, 0.15) is 5.56 Å². The van der Waals surface area contributed by atoms with Gasteiger partial charge >= 0.3 is 0 Å². The molecule has 2 aromatic carbocycles. The fourth-order valence-electron chi connectivity index (χ4n) is 1.89. The first kappa shape index (κ1) is 17.3. The molecule has 0 aliphatic rings. The van der Waals surface area contributed by atoms with Gasteiger partial charge in [0, 0.05) is 15.6 Å². The number of anilines is 3. The van der Waals surface area contributed by atoms with Gasteiger partial charge < -0.3 is 11.1 Å². The summed E-state index contributed by atoms with van der Waals surface area (Å²) in [6.07, 6.45) is 0. The molecule has 3 N–H and O–H groups in total. The van der Waals surface area contributed by atoms with Crippen LogP contribution in [-0.2, 0) is 0 Å². The third kappa shape index (κ3) is 4.51. The molecule has 124 valence electrons. The number of nitrogens with zero attached hydrogens (tertiary/aromatic N) is 4. The summed E-state index contributed by atoms with van der Waals surface area (Å²) in [5.74, 6) is 0.378. The molecule has 0 aliphatic carbocycles. The minimum absolute atomic E-state index is 0.0822. The molecule has 0 amide bonds. The second-order valence-electron chi connectivity index (χ2n) is 4.79. The van der Waals surface area contributed by atoms with Crippen molar-refractivity contribution in [1.29, 1.82) is 5.26 Å². The summed E-state index contributed by atoms with van der Waals surface area (Å²) in [6.45, 7) is 0. The Balaban J connectivity index is 1.83. The van der Waals surface area contributed by atoms with Gasteiger partial charge in [-0.1, -0.05) is 23.2 Å². The van der Waals surface area contributed by atoms with Crippen LogP contribution in [0, 0.1) is 11.3 Å². The molecule has 9 heteroatoms. The second-order valence-corrected chi connectivity index (χ2v) is 6.64. The zero-order chi connectivity index (χ0) is 17.8. The van der Waals surface area contributed by atoms with Gasteiger partial charge in [0.15, 0.2) is 5.16 Å². The largest absolute Gasteiger partial charge is 0.368 e. The molecule has 0 unspecified atom stereocenters. The molecule has 0 bridgehead atoms. The maximum Gasteiger partial charge on any atom is 0.233 e. The molecule has 0 saturated heterocycles. The quantitative estimate of drug-likeness (QED) is 0.676. The van der Waals surface area contributed by atoms with Crippen LogP contribution in [0.15, 0.2) is 52.5 Å². The summed E-state index contributed by atoms with van der Waals surface area (Å²) in [4.78, 5) is 13.2. The highest BCUT2D eigenvalue weighted by Gasteiger charge is 2.10. The molecule has 1 aromatic heterocycles. The van der Waals surface area contributed by atoms with Crippen LogP contribution in [0.4, 0.5) is 17.6 Å². The van der Waals surface area contributed by atoms with E-state index in [9.17, 15) is 0 Å². The number of rotatable bonds is 4. The Labute approximate surface area is 158 Å². The normalized spacial score (nSPS) is 10.3. The Hall–Kier alpha value is -2.53. The summed E-state index contributed by atoms with van der Waals surface area (Å²) >= 11 is 13.3. The van der Waals surface area contributed by atoms with Crippen molar-refractivity contribution in [3.63, 3.8) is 0 Å². The molecule has 6 nitrogen and oxygen atoms in total. The topological polar surface area (TPSA) is 101 Å². The van der Waals surface area contributed by atoms with E-state index in [4.69, 9.17) is 34.2 Å². The fraction of sp³-hybridized carbons (Fsp3) is 0. The van der Waals surface area contributed by atoms with Crippen molar-refractivity contribution in [2.24, 2.45) is 0 Å². The molecule has 3 aromatic rings. The van der Waals surface area contributed by atoms with E-state index in [1.165, 1.54) is 11.8 Å². The van der Waals surface area contributed by atoms with Gasteiger partial charge in [-0.05, 0) is 54.2 Å². The van der Waals surface area contributed by atoms with E-state index in [-0.39, 0.29) is 5.95 Å². The van der Waals surface area contributed by atoms with Crippen molar-refractivity contribution < 1.29 is 0 Å². The number of halogens is 2. The molecule has 0 fully saturated rings. The SMILES string of the molecule is N#Cc1ccc(Nc2nc(N)nc(Sc3ccc(Cl)cc3Cl)n2)cc1. The highest BCUT2D eigenvalue weighted by atomic mass is 35.5. The summed E-state index contributed by atoms with van der Waals surface area (Å²) < 4.78 is 0. The van der Waals surface area contributed by atoms with Gasteiger partial charge in [-0.15, -0.1) is 0 Å². The van der Waals surface area contributed by atoms with E-state index in [0.29, 0.717) is 26.7 Å². The van der Waals surface area contributed by atoms with E-state index in [1.54, 1.807) is 42.5 Å². The van der Waals surface area contributed by atoms with Crippen LogP contribution >= 0.6 is 35.0 Å². The van der Waals surface area contributed by atoms with Crippen LogP contribution in [0.2, 0.25) is 10.0 Å². The fourth-order valence-corrected chi connectivity index (χ4v) is 3.17. The molecule has 0 aliphatic heterocycles. The van der Waals surface area contributed by atoms with Crippen LogP contribution in [-0.4, -0.2) is 15.0 Å². The van der Waals surface area contributed by atoms with E-state index in [2.05, 4.69) is 26.3 Å². The van der Waals surface area contributed by atoms with Crippen molar-refractivity contribution in [2.75, 3.05) is 11.1 Å². The Kier molecular flexibility index (Phi) is 5.24. The van der Waals surface area contributed by atoms with E-state index < -0.39 is 0 Å². The first-order valence-electron chi connectivity index (χ1n) is 6.95. The molecule has 1 heterocycles. The van der Waals surface area contributed by atoms with Crippen molar-refractivity contribution >= 4 is 52.5 Å². The van der Waals surface area contributed by atoms with Crippen LogP contribution in [0.3, 0.4) is 0 Å². The minimum atomic E-state index is 0.0822. The van der Waals surface area contributed by atoms with Gasteiger partial charge in [0.1, 0.15) is 0 Å². The van der Waals surface area contributed by atoms with E-state index in [1.807, 2.05) is 0 Å². The zero-order valence-corrected chi connectivity index (χ0v) is 14.9. The number of benzene rings is 2. The van der Waals surface area contributed by atoms with Gasteiger partial charge in [-0.2, -0.15) is 20.2 Å².